The summed E-state index contributed by atoms with van der Waals surface area (Å²) in [5, 5.41) is 3.41. The van der Waals surface area contributed by atoms with Gasteiger partial charge in [-0.2, -0.15) is 0 Å². The second-order valence-electron chi connectivity index (χ2n) is 5.99. The monoisotopic (exact) mass is 247 g/mol. The highest BCUT2D eigenvalue weighted by molar-refractivity contribution is 6.21. The first-order valence-corrected chi connectivity index (χ1v) is 6.71. The molecule has 2 nitrogen and oxygen atoms in total. The third kappa shape index (κ3) is 2.55. The molecule has 0 amide bonds. The zero-order valence-corrected chi connectivity index (χ0v) is 12.0. The number of alkyl halides is 1. The van der Waals surface area contributed by atoms with Gasteiger partial charge in [-0.05, 0) is 18.3 Å². The standard InChI is InChI=1S/C13H26ClNO/c1-6-7-13(12(2,3)4)8-10(16-5)9-15-11(13)14/h10-11,15H,6-9H2,1-5H3. The van der Waals surface area contributed by atoms with Crippen molar-refractivity contribution < 1.29 is 4.74 Å². The first-order chi connectivity index (χ1) is 7.37. The molecule has 1 heterocycles. The first kappa shape index (κ1) is 14.3. The molecule has 1 N–H and O–H groups in total. The summed E-state index contributed by atoms with van der Waals surface area (Å²) in [5.41, 5.74) is 0.376. The topological polar surface area (TPSA) is 21.3 Å². The van der Waals surface area contributed by atoms with E-state index in [1.54, 1.807) is 7.11 Å². The number of hydrogen-bond acceptors (Lipinski definition) is 2. The minimum atomic E-state index is 0.0545. The maximum atomic E-state index is 6.56. The Bertz CT molecular complexity index is 226. The van der Waals surface area contributed by atoms with Crippen molar-refractivity contribution in [1.82, 2.24) is 5.32 Å². The molecule has 0 aromatic rings. The lowest BCUT2D eigenvalue weighted by atomic mass is 9.60. The molecule has 0 bridgehead atoms. The second-order valence-corrected chi connectivity index (χ2v) is 6.43. The molecule has 0 spiro atoms. The molecule has 1 aliphatic rings. The van der Waals surface area contributed by atoms with Crippen molar-refractivity contribution in [2.75, 3.05) is 13.7 Å². The number of methoxy groups -OCH3 is 1. The van der Waals surface area contributed by atoms with E-state index in [0.717, 1.165) is 19.4 Å². The number of nitrogens with one attached hydrogen (secondary N) is 1. The summed E-state index contributed by atoms with van der Waals surface area (Å²) in [4.78, 5) is 0. The quantitative estimate of drug-likeness (QED) is 0.610. The van der Waals surface area contributed by atoms with E-state index >= 15 is 0 Å². The van der Waals surface area contributed by atoms with Gasteiger partial charge in [-0.15, -0.1) is 11.6 Å². The maximum Gasteiger partial charge on any atom is 0.0889 e. The summed E-state index contributed by atoms with van der Waals surface area (Å²) < 4.78 is 5.52. The first-order valence-electron chi connectivity index (χ1n) is 6.27. The van der Waals surface area contributed by atoms with Gasteiger partial charge in [-0.3, -0.25) is 5.32 Å². The summed E-state index contributed by atoms with van der Waals surface area (Å²) in [6.45, 7) is 9.97. The van der Waals surface area contributed by atoms with Gasteiger partial charge in [0.05, 0.1) is 11.6 Å². The fourth-order valence-electron chi connectivity index (χ4n) is 2.92. The van der Waals surface area contributed by atoms with Crippen molar-refractivity contribution in [1.29, 1.82) is 0 Å². The largest absolute Gasteiger partial charge is 0.380 e. The lowest BCUT2D eigenvalue weighted by molar-refractivity contribution is -0.0460. The van der Waals surface area contributed by atoms with E-state index in [0.29, 0.717) is 6.10 Å². The number of halogens is 1. The van der Waals surface area contributed by atoms with E-state index in [1.807, 2.05) is 0 Å². The minimum Gasteiger partial charge on any atom is -0.380 e. The van der Waals surface area contributed by atoms with E-state index in [9.17, 15) is 0 Å². The van der Waals surface area contributed by atoms with Crippen LogP contribution in [-0.4, -0.2) is 25.3 Å². The van der Waals surface area contributed by atoms with Gasteiger partial charge in [0.25, 0.3) is 0 Å². The Morgan fingerprint density at radius 2 is 2.06 bits per heavy atom. The van der Waals surface area contributed by atoms with Crippen LogP contribution in [0.5, 0.6) is 0 Å². The molecule has 0 saturated carbocycles. The number of hydrogen-bond donors (Lipinski definition) is 1. The molecule has 0 radical (unpaired) electrons. The van der Waals surface area contributed by atoms with Crippen LogP contribution in [0.1, 0.15) is 47.0 Å². The molecule has 1 rings (SSSR count). The fourth-order valence-corrected chi connectivity index (χ4v) is 3.53. The molecule has 3 atom stereocenters. The van der Waals surface area contributed by atoms with Crippen molar-refractivity contribution in [2.45, 2.75) is 58.6 Å². The highest BCUT2D eigenvalue weighted by Crippen LogP contribution is 2.51. The normalized spacial score (nSPS) is 36.4. The fraction of sp³-hybridized carbons (Fsp3) is 1.00. The maximum absolute atomic E-state index is 6.56. The third-order valence-electron chi connectivity index (χ3n) is 4.12. The number of piperidine rings is 1. The van der Waals surface area contributed by atoms with Gasteiger partial charge in [0.2, 0.25) is 0 Å². The molecule has 3 heteroatoms. The molecule has 3 unspecified atom stereocenters. The van der Waals surface area contributed by atoms with Crippen LogP contribution in [0.2, 0.25) is 0 Å². The van der Waals surface area contributed by atoms with Crippen molar-refractivity contribution in [3.05, 3.63) is 0 Å². The van der Waals surface area contributed by atoms with E-state index < -0.39 is 0 Å². The summed E-state index contributed by atoms with van der Waals surface area (Å²) >= 11 is 6.56. The third-order valence-corrected chi connectivity index (χ3v) is 4.70. The zero-order valence-electron chi connectivity index (χ0n) is 11.3. The summed E-state index contributed by atoms with van der Waals surface area (Å²) in [7, 11) is 1.79. The molecular formula is C13H26ClNO. The van der Waals surface area contributed by atoms with Crippen molar-refractivity contribution in [2.24, 2.45) is 10.8 Å². The summed E-state index contributed by atoms with van der Waals surface area (Å²) in [6.07, 6.45) is 3.67. The van der Waals surface area contributed by atoms with Gasteiger partial charge in [-0.25, -0.2) is 0 Å². The Labute approximate surface area is 105 Å². The summed E-state index contributed by atoms with van der Waals surface area (Å²) in [5.74, 6) is 0. The highest BCUT2D eigenvalue weighted by atomic mass is 35.5. The van der Waals surface area contributed by atoms with Gasteiger partial charge in [0, 0.05) is 19.1 Å². The Morgan fingerprint density at radius 3 is 2.50 bits per heavy atom. The SMILES string of the molecule is CCCC1(C(C)(C)C)CC(OC)CNC1Cl. The van der Waals surface area contributed by atoms with Crippen LogP contribution in [0.25, 0.3) is 0 Å². The molecule has 16 heavy (non-hydrogen) atoms. The van der Waals surface area contributed by atoms with Crippen LogP contribution < -0.4 is 5.32 Å². The zero-order chi connectivity index (χ0) is 12.4. The van der Waals surface area contributed by atoms with Crippen LogP contribution in [0, 0.1) is 10.8 Å². The Hall–Kier alpha value is 0.210. The molecule has 0 aliphatic carbocycles. The van der Waals surface area contributed by atoms with Crippen molar-refractivity contribution in [3.8, 4) is 0 Å². The van der Waals surface area contributed by atoms with Crippen molar-refractivity contribution in [3.63, 3.8) is 0 Å². The van der Waals surface area contributed by atoms with E-state index in [2.05, 4.69) is 33.0 Å². The van der Waals surface area contributed by atoms with Crippen LogP contribution >= 0.6 is 11.6 Å². The minimum absolute atomic E-state index is 0.0545. The second kappa shape index (κ2) is 5.24. The molecular weight excluding hydrogens is 222 g/mol. The highest BCUT2D eigenvalue weighted by Gasteiger charge is 2.50. The Balaban J connectivity index is 2.95. The number of ether oxygens (including phenoxy) is 1. The smallest absolute Gasteiger partial charge is 0.0889 e. The predicted molar refractivity (Wildman–Crippen MR) is 69.9 cm³/mol. The molecule has 1 aliphatic heterocycles. The Morgan fingerprint density at radius 1 is 1.44 bits per heavy atom. The average Bonchev–Trinajstić information content (AvgIpc) is 2.20. The van der Waals surface area contributed by atoms with E-state index in [-0.39, 0.29) is 16.3 Å². The van der Waals surface area contributed by atoms with Gasteiger partial charge < -0.3 is 4.74 Å². The van der Waals surface area contributed by atoms with Gasteiger partial charge in [0.1, 0.15) is 0 Å². The van der Waals surface area contributed by atoms with Crippen LogP contribution in [0.3, 0.4) is 0 Å². The van der Waals surface area contributed by atoms with Crippen molar-refractivity contribution >= 4 is 11.6 Å². The number of rotatable bonds is 3. The van der Waals surface area contributed by atoms with Crippen LogP contribution in [-0.2, 0) is 4.74 Å². The molecule has 96 valence electrons. The molecule has 1 saturated heterocycles. The lowest BCUT2D eigenvalue weighted by Crippen LogP contribution is -2.57. The van der Waals surface area contributed by atoms with Gasteiger partial charge >= 0.3 is 0 Å². The van der Waals surface area contributed by atoms with Crippen LogP contribution in [0.4, 0.5) is 0 Å². The van der Waals surface area contributed by atoms with E-state index in [1.165, 1.54) is 6.42 Å². The average molecular weight is 248 g/mol. The Kier molecular flexibility index (Phi) is 4.67. The van der Waals surface area contributed by atoms with Gasteiger partial charge in [-0.1, -0.05) is 34.1 Å². The van der Waals surface area contributed by atoms with E-state index in [4.69, 9.17) is 16.3 Å². The van der Waals surface area contributed by atoms with Gasteiger partial charge in [0.15, 0.2) is 0 Å². The predicted octanol–water partition coefficient (Wildman–Crippen LogP) is 3.39. The molecule has 0 aromatic heterocycles. The molecule has 0 aromatic carbocycles. The summed E-state index contributed by atoms with van der Waals surface area (Å²) in [6, 6.07) is 0. The van der Waals surface area contributed by atoms with Crippen LogP contribution in [0.15, 0.2) is 0 Å². The molecule has 1 fully saturated rings. The lowest BCUT2D eigenvalue weighted by Gasteiger charge is -2.52.